The number of amides is 1. The molecule has 1 saturated heterocycles. The van der Waals surface area contributed by atoms with Gasteiger partial charge in [0.15, 0.2) is 23.2 Å². The van der Waals surface area contributed by atoms with Gasteiger partial charge >= 0.3 is 0 Å². The van der Waals surface area contributed by atoms with Crippen LogP contribution in [-0.4, -0.2) is 56.6 Å². The summed E-state index contributed by atoms with van der Waals surface area (Å²) in [5, 5.41) is 19.8. The van der Waals surface area contributed by atoms with Crippen LogP contribution in [0.4, 0.5) is 23.2 Å². The summed E-state index contributed by atoms with van der Waals surface area (Å²) in [6, 6.07) is 4.81. The Morgan fingerprint density at radius 3 is 2.38 bits per heavy atom. The van der Waals surface area contributed by atoms with Gasteiger partial charge in [-0.2, -0.15) is 9.65 Å². The molecule has 0 atom stereocenters. The Morgan fingerprint density at radius 2 is 1.78 bits per heavy atom. The number of anilines is 1. The van der Waals surface area contributed by atoms with Gasteiger partial charge in [-0.3, -0.25) is 19.1 Å². The molecule has 5 rings (SSSR count). The van der Waals surface area contributed by atoms with E-state index in [1.165, 1.54) is 23.2 Å². The highest BCUT2D eigenvalue weighted by molar-refractivity contribution is 6.34. The minimum Gasteiger partial charge on any atom is -0.503 e. The number of fused-ring (bicyclic) bond motifs is 1. The third-order valence-corrected chi connectivity index (χ3v) is 7.96. The molecular weight excluding hydrogens is 616 g/mol. The number of rotatable bonds is 5. The lowest BCUT2D eigenvalue weighted by atomic mass is 10.0. The summed E-state index contributed by atoms with van der Waals surface area (Å²) in [5.74, 6) is -10.5. The third kappa shape index (κ3) is 5.04. The third-order valence-electron chi connectivity index (χ3n) is 7.67. The molecule has 9 nitrogen and oxygen atoms in total. The van der Waals surface area contributed by atoms with Crippen LogP contribution in [0.3, 0.4) is 0 Å². The maximum atomic E-state index is 15.2. The molecule has 0 bridgehead atoms. The second-order valence-corrected chi connectivity index (χ2v) is 11.1. The van der Waals surface area contributed by atoms with Gasteiger partial charge < -0.3 is 14.9 Å². The Kier molecular flexibility index (Phi) is 8.29. The van der Waals surface area contributed by atoms with E-state index in [0.29, 0.717) is 11.3 Å². The number of phenols is 1. The van der Waals surface area contributed by atoms with E-state index in [1.807, 2.05) is 19.9 Å². The van der Waals surface area contributed by atoms with Crippen molar-refractivity contribution in [3.05, 3.63) is 86.5 Å². The average Bonchev–Trinajstić information content (AvgIpc) is 3.02. The van der Waals surface area contributed by atoms with E-state index in [9.17, 15) is 28.7 Å². The summed E-state index contributed by atoms with van der Waals surface area (Å²) in [6.07, 6.45) is 2.71. The quantitative estimate of drug-likeness (QED) is 0.133. The van der Waals surface area contributed by atoms with Crippen LogP contribution in [0.25, 0.3) is 28.0 Å². The van der Waals surface area contributed by atoms with Crippen LogP contribution in [0.15, 0.2) is 35.8 Å². The Labute approximate surface area is 259 Å². The van der Waals surface area contributed by atoms with Crippen LogP contribution < -0.4 is 10.5 Å². The van der Waals surface area contributed by atoms with E-state index < -0.39 is 50.9 Å². The van der Waals surface area contributed by atoms with Crippen LogP contribution in [0.1, 0.15) is 36.6 Å². The van der Waals surface area contributed by atoms with Crippen molar-refractivity contribution in [3.8, 4) is 28.8 Å². The second-order valence-electron chi connectivity index (χ2n) is 10.7. The fraction of sp³-hybridized carbons (Fsp3) is 0.258. The van der Waals surface area contributed by atoms with Crippen LogP contribution in [0, 0.1) is 41.5 Å². The minimum atomic E-state index is -2.16. The molecule has 0 saturated carbocycles. The first-order chi connectivity index (χ1) is 21.3. The van der Waals surface area contributed by atoms with Gasteiger partial charge in [-0.05, 0) is 36.6 Å². The molecule has 14 heteroatoms. The van der Waals surface area contributed by atoms with Gasteiger partial charge in [0, 0.05) is 37.8 Å². The highest BCUT2D eigenvalue weighted by Crippen LogP contribution is 2.41. The summed E-state index contributed by atoms with van der Waals surface area (Å²) >= 11 is 6.51. The van der Waals surface area contributed by atoms with Gasteiger partial charge in [0.05, 0.1) is 33.3 Å². The summed E-state index contributed by atoms with van der Waals surface area (Å²) in [7, 11) is 0. The van der Waals surface area contributed by atoms with Gasteiger partial charge in [0.2, 0.25) is 11.7 Å². The zero-order valence-corrected chi connectivity index (χ0v) is 25.0. The number of pyridine rings is 3. The Hall–Kier alpha value is -4.96. The molecule has 1 N–H and O–H groups in total. The normalized spacial score (nSPS) is 13.4. The lowest BCUT2D eigenvalue weighted by Gasteiger charge is -2.36. The second kappa shape index (κ2) is 11.9. The number of hydrogen-bond acceptors (Lipinski definition) is 7. The molecule has 45 heavy (non-hydrogen) atoms. The van der Waals surface area contributed by atoms with Crippen molar-refractivity contribution < 1.29 is 27.5 Å². The first kappa shape index (κ1) is 31.5. The fourth-order valence-electron chi connectivity index (χ4n) is 5.47. The van der Waals surface area contributed by atoms with Gasteiger partial charge in [0.25, 0.3) is 5.56 Å². The highest BCUT2D eigenvalue weighted by atomic mass is 35.5. The number of benzene rings is 1. The lowest BCUT2D eigenvalue weighted by molar-refractivity contribution is -0.126. The van der Waals surface area contributed by atoms with Crippen molar-refractivity contribution >= 4 is 34.2 Å². The van der Waals surface area contributed by atoms with Gasteiger partial charge in [-0.1, -0.05) is 32.0 Å². The molecule has 1 aromatic carbocycles. The number of aromatic nitrogens is 3. The molecule has 0 spiro atoms. The highest BCUT2D eigenvalue weighted by Gasteiger charge is 2.32. The number of nitriles is 1. The number of halogens is 5. The fourth-order valence-corrected chi connectivity index (χ4v) is 5.72. The Morgan fingerprint density at radius 1 is 1.11 bits per heavy atom. The zero-order valence-electron chi connectivity index (χ0n) is 24.3. The molecule has 1 fully saturated rings. The lowest BCUT2D eigenvalue weighted by Crippen LogP contribution is -2.49. The number of phenolic OH excluding ortho intramolecular Hbond substituents is 1. The first-order valence-corrected chi connectivity index (χ1v) is 14.1. The van der Waals surface area contributed by atoms with Gasteiger partial charge in [-0.15, -0.1) is 0 Å². The molecule has 1 amide bonds. The number of carbonyl (C=O) groups excluding carboxylic acids is 1. The number of nitrogens with zero attached hydrogens (tertiary/aromatic N) is 6. The summed E-state index contributed by atoms with van der Waals surface area (Å²) < 4.78 is 59.7. The van der Waals surface area contributed by atoms with Crippen molar-refractivity contribution in [1.82, 2.24) is 19.4 Å². The summed E-state index contributed by atoms with van der Waals surface area (Å²) in [6.45, 7) is 9.67. The molecule has 4 aromatic rings. The van der Waals surface area contributed by atoms with Crippen LogP contribution in [-0.2, 0) is 4.79 Å². The minimum absolute atomic E-state index is 0.113. The van der Waals surface area contributed by atoms with Crippen molar-refractivity contribution in [2.75, 3.05) is 31.1 Å². The van der Waals surface area contributed by atoms with E-state index >= 15 is 8.78 Å². The number of carbonyl (C=O) groups is 1. The number of aryl methyl sites for hydroxylation is 1. The van der Waals surface area contributed by atoms with Gasteiger partial charge in [0.1, 0.15) is 17.3 Å². The van der Waals surface area contributed by atoms with Gasteiger partial charge in [-0.25, -0.2) is 18.2 Å². The Balaban J connectivity index is 1.93. The number of piperazine rings is 1. The van der Waals surface area contributed by atoms with Crippen molar-refractivity contribution in [3.63, 3.8) is 0 Å². The largest absolute Gasteiger partial charge is 0.503 e. The topological polar surface area (TPSA) is 115 Å². The van der Waals surface area contributed by atoms with E-state index in [-0.39, 0.29) is 66.0 Å². The van der Waals surface area contributed by atoms with E-state index in [1.54, 1.807) is 17.9 Å². The SMILES string of the molecule is C=CC(=O)N1CCN(c2c(C#N)c(=O)n(-c3c(C)ccnc3C(C)C)c3nc(-c4c(F)c(O)c(F)c(F)c4F)c(Cl)cc23)CC1. The van der Waals surface area contributed by atoms with E-state index in [4.69, 9.17) is 11.6 Å². The monoisotopic (exact) mass is 640 g/mol. The maximum Gasteiger partial charge on any atom is 0.276 e. The molecule has 0 aliphatic carbocycles. The van der Waals surface area contributed by atoms with Crippen LogP contribution >= 0.6 is 11.6 Å². The molecule has 232 valence electrons. The van der Waals surface area contributed by atoms with Crippen LogP contribution in [0.2, 0.25) is 5.02 Å². The number of hydrogen-bond donors (Lipinski definition) is 1. The predicted octanol–water partition coefficient (Wildman–Crippen LogP) is 5.50. The predicted molar refractivity (Wildman–Crippen MR) is 160 cm³/mol. The molecule has 0 unspecified atom stereocenters. The first-order valence-electron chi connectivity index (χ1n) is 13.7. The molecular formula is C31H25ClF4N6O3. The zero-order chi connectivity index (χ0) is 32.9. The summed E-state index contributed by atoms with van der Waals surface area (Å²) in [4.78, 5) is 38.5. The van der Waals surface area contributed by atoms with Crippen molar-refractivity contribution in [1.29, 1.82) is 5.26 Å². The maximum absolute atomic E-state index is 15.2. The standard InChI is InChI=1S/C31H25ClF4N6O3/c1-5-19(43)40-8-10-41(11-9-40)28-16-12-18(32)26(20-21(33)23(35)24(36)29(44)22(20)34)39-30(16)42(31(45)17(28)13-37)27-15(4)6-7-38-25(27)14(2)3/h5-7,12,14,44H,1,8-11H2,2-4H3. The smallest absolute Gasteiger partial charge is 0.276 e. The van der Waals surface area contributed by atoms with Crippen molar-refractivity contribution in [2.24, 2.45) is 0 Å². The number of aromatic hydroxyl groups is 1. The molecule has 0 radical (unpaired) electrons. The molecule has 3 aromatic heterocycles. The van der Waals surface area contributed by atoms with E-state index in [0.717, 1.165) is 4.57 Å². The molecule has 1 aliphatic rings. The van der Waals surface area contributed by atoms with Crippen LogP contribution in [0.5, 0.6) is 5.75 Å². The molecule has 1 aliphatic heterocycles. The Bertz CT molecular complexity index is 1990. The molecule has 4 heterocycles. The average molecular weight is 641 g/mol. The van der Waals surface area contributed by atoms with Crippen molar-refractivity contribution in [2.45, 2.75) is 26.7 Å². The van der Waals surface area contributed by atoms with E-state index in [2.05, 4.69) is 16.5 Å². The summed E-state index contributed by atoms with van der Waals surface area (Å²) in [5.41, 5.74) is -1.99.